The summed E-state index contributed by atoms with van der Waals surface area (Å²) in [6.07, 6.45) is 28.3. The number of carbonyl (C=O) groups excluding carboxylic acids is 2. The fourth-order valence-corrected chi connectivity index (χ4v) is 4.20. The molecule has 5 nitrogen and oxygen atoms in total. The zero-order valence-corrected chi connectivity index (χ0v) is 23.8. The van der Waals surface area contributed by atoms with E-state index >= 15 is 0 Å². The SMILES string of the molecule is CCC/C=C/CCCCCCCCCC(=O)O[C@@H](CO)COC(=O)CCCCCCCCCCCC. The van der Waals surface area contributed by atoms with Crippen molar-refractivity contribution in [1.82, 2.24) is 0 Å². The Balaban J connectivity index is 3.59. The van der Waals surface area contributed by atoms with Crippen LogP contribution in [0.4, 0.5) is 0 Å². The summed E-state index contributed by atoms with van der Waals surface area (Å²) in [7, 11) is 0. The van der Waals surface area contributed by atoms with Gasteiger partial charge in [-0.15, -0.1) is 0 Å². The second-order valence-electron chi connectivity index (χ2n) is 10.2. The molecule has 0 aliphatic rings. The maximum absolute atomic E-state index is 12.0. The highest BCUT2D eigenvalue weighted by Crippen LogP contribution is 2.13. The van der Waals surface area contributed by atoms with Gasteiger partial charge in [0.1, 0.15) is 6.61 Å². The molecule has 5 heteroatoms. The van der Waals surface area contributed by atoms with Gasteiger partial charge in [0.05, 0.1) is 6.61 Å². The Morgan fingerprint density at radius 2 is 1.08 bits per heavy atom. The minimum atomic E-state index is -0.763. The number of rotatable bonds is 27. The number of unbranched alkanes of at least 4 members (excludes halogenated alkanes) is 17. The van der Waals surface area contributed by atoms with Crippen molar-refractivity contribution in [3.63, 3.8) is 0 Å². The highest BCUT2D eigenvalue weighted by Gasteiger charge is 2.16. The first-order valence-corrected chi connectivity index (χ1v) is 15.2. The Kier molecular flexibility index (Phi) is 27.1. The summed E-state index contributed by atoms with van der Waals surface area (Å²) in [5, 5.41) is 9.45. The lowest BCUT2D eigenvalue weighted by Crippen LogP contribution is -2.28. The Hall–Kier alpha value is -1.36. The molecule has 0 saturated heterocycles. The summed E-state index contributed by atoms with van der Waals surface area (Å²) in [5.41, 5.74) is 0. The first kappa shape index (κ1) is 34.6. The van der Waals surface area contributed by atoms with Gasteiger partial charge < -0.3 is 14.6 Å². The molecule has 36 heavy (non-hydrogen) atoms. The third-order valence-corrected chi connectivity index (χ3v) is 6.54. The van der Waals surface area contributed by atoms with Crippen LogP contribution < -0.4 is 0 Å². The minimum absolute atomic E-state index is 0.0630. The van der Waals surface area contributed by atoms with Gasteiger partial charge in [-0.3, -0.25) is 9.59 Å². The van der Waals surface area contributed by atoms with Crippen molar-refractivity contribution < 1.29 is 24.2 Å². The summed E-state index contributed by atoms with van der Waals surface area (Å²) in [5.74, 6) is -0.597. The summed E-state index contributed by atoms with van der Waals surface area (Å²) >= 11 is 0. The Bertz CT molecular complexity index is 517. The van der Waals surface area contributed by atoms with E-state index in [1.165, 1.54) is 89.9 Å². The number of ether oxygens (including phenoxy) is 2. The molecule has 0 aromatic heterocycles. The van der Waals surface area contributed by atoms with Gasteiger partial charge in [-0.25, -0.2) is 0 Å². The first-order chi connectivity index (χ1) is 17.6. The van der Waals surface area contributed by atoms with Crippen LogP contribution in [0.3, 0.4) is 0 Å². The van der Waals surface area contributed by atoms with Crippen LogP contribution in [0.15, 0.2) is 12.2 Å². The highest BCUT2D eigenvalue weighted by atomic mass is 16.6. The molecular formula is C31H58O5. The molecule has 0 spiro atoms. The lowest BCUT2D eigenvalue weighted by Gasteiger charge is -2.15. The van der Waals surface area contributed by atoms with Gasteiger partial charge in [0.25, 0.3) is 0 Å². The van der Waals surface area contributed by atoms with E-state index in [1.807, 2.05) is 0 Å². The molecule has 0 aliphatic heterocycles. The predicted molar refractivity (Wildman–Crippen MR) is 150 cm³/mol. The Labute approximate surface area is 222 Å². The maximum atomic E-state index is 12.0. The van der Waals surface area contributed by atoms with Crippen molar-refractivity contribution in [1.29, 1.82) is 0 Å². The van der Waals surface area contributed by atoms with E-state index < -0.39 is 6.10 Å². The maximum Gasteiger partial charge on any atom is 0.306 e. The van der Waals surface area contributed by atoms with Crippen LogP contribution in [-0.4, -0.2) is 36.4 Å². The highest BCUT2D eigenvalue weighted by molar-refractivity contribution is 5.70. The number of carbonyl (C=O) groups is 2. The van der Waals surface area contributed by atoms with Crippen molar-refractivity contribution in [2.75, 3.05) is 13.2 Å². The van der Waals surface area contributed by atoms with E-state index in [0.29, 0.717) is 12.8 Å². The summed E-state index contributed by atoms with van der Waals surface area (Å²) < 4.78 is 10.5. The number of hydrogen-bond donors (Lipinski definition) is 1. The predicted octanol–water partition coefficient (Wildman–Crippen LogP) is 8.61. The second kappa shape index (κ2) is 28.2. The van der Waals surface area contributed by atoms with Crippen LogP contribution in [0.2, 0.25) is 0 Å². The van der Waals surface area contributed by atoms with Crippen molar-refractivity contribution in [2.24, 2.45) is 0 Å². The third-order valence-electron chi connectivity index (χ3n) is 6.54. The molecule has 0 amide bonds. The fraction of sp³-hybridized carbons (Fsp3) is 0.871. The van der Waals surface area contributed by atoms with E-state index in [1.54, 1.807) is 0 Å². The number of hydrogen-bond acceptors (Lipinski definition) is 5. The molecule has 0 saturated carbocycles. The van der Waals surface area contributed by atoms with Gasteiger partial charge in [-0.2, -0.15) is 0 Å². The molecule has 212 valence electrons. The average molecular weight is 511 g/mol. The van der Waals surface area contributed by atoms with Gasteiger partial charge in [-0.05, 0) is 32.1 Å². The minimum Gasteiger partial charge on any atom is -0.462 e. The molecular weight excluding hydrogens is 452 g/mol. The van der Waals surface area contributed by atoms with E-state index in [0.717, 1.165) is 38.5 Å². The molecule has 0 bridgehead atoms. The topological polar surface area (TPSA) is 72.8 Å². The lowest BCUT2D eigenvalue weighted by molar-refractivity contribution is -0.161. The average Bonchev–Trinajstić information content (AvgIpc) is 2.88. The smallest absolute Gasteiger partial charge is 0.306 e. The molecule has 1 N–H and O–H groups in total. The van der Waals surface area contributed by atoms with E-state index in [9.17, 15) is 14.7 Å². The van der Waals surface area contributed by atoms with E-state index in [4.69, 9.17) is 9.47 Å². The molecule has 0 unspecified atom stereocenters. The van der Waals surface area contributed by atoms with Crippen molar-refractivity contribution in [3.8, 4) is 0 Å². The molecule has 0 aromatic carbocycles. The van der Waals surface area contributed by atoms with Gasteiger partial charge in [0.2, 0.25) is 0 Å². The summed E-state index contributed by atoms with van der Waals surface area (Å²) in [4.78, 5) is 24.0. The largest absolute Gasteiger partial charge is 0.462 e. The van der Waals surface area contributed by atoms with Crippen molar-refractivity contribution >= 4 is 11.9 Å². The van der Waals surface area contributed by atoms with E-state index in [2.05, 4.69) is 26.0 Å². The molecule has 0 aliphatic carbocycles. The van der Waals surface area contributed by atoms with Crippen LogP contribution in [0.5, 0.6) is 0 Å². The number of allylic oxidation sites excluding steroid dienone is 2. The normalized spacial score (nSPS) is 12.2. The van der Waals surface area contributed by atoms with Crippen LogP contribution in [0.1, 0.15) is 155 Å². The van der Waals surface area contributed by atoms with Crippen LogP contribution in [-0.2, 0) is 19.1 Å². The summed E-state index contributed by atoms with van der Waals surface area (Å²) in [6.45, 7) is 4.05. The first-order valence-electron chi connectivity index (χ1n) is 15.2. The lowest BCUT2D eigenvalue weighted by atomic mass is 10.1. The molecule has 0 rings (SSSR count). The Morgan fingerprint density at radius 1 is 0.611 bits per heavy atom. The molecule has 0 radical (unpaired) electrons. The number of aliphatic hydroxyl groups is 1. The number of aliphatic hydroxyl groups excluding tert-OH is 1. The van der Waals surface area contributed by atoms with Crippen LogP contribution >= 0.6 is 0 Å². The Morgan fingerprint density at radius 3 is 1.61 bits per heavy atom. The van der Waals surface area contributed by atoms with Gasteiger partial charge >= 0.3 is 11.9 Å². The monoisotopic (exact) mass is 510 g/mol. The second-order valence-corrected chi connectivity index (χ2v) is 10.2. The quantitative estimate of drug-likeness (QED) is 0.0680. The van der Waals surface area contributed by atoms with Crippen molar-refractivity contribution in [2.45, 2.75) is 161 Å². The van der Waals surface area contributed by atoms with Crippen LogP contribution in [0, 0.1) is 0 Å². The zero-order valence-electron chi connectivity index (χ0n) is 23.8. The van der Waals surface area contributed by atoms with Gasteiger partial charge in [0.15, 0.2) is 6.10 Å². The molecule has 1 atom stereocenters. The van der Waals surface area contributed by atoms with Crippen LogP contribution in [0.25, 0.3) is 0 Å². The van der Waals surface area contributed by atoms with Crippen molar-refractivity contribution in [3.05, 3.63) is 12.2 Å². The standard InChI is InChI=1S/C31H58O5/c1-3-5-7-9-11-13-15-16-18-20-22-24-26-31(34)36-29(27-32)28-35-30(33)25-23-21-19-17-14-12-10-8-6-4-2/h7,9,29,32H,3-6,8,10-28H2,1-2H3/b9-7+/t29-/m0/s1. The van der Waals surface area contributed by atoms with Gasteiger partial charge in [-0.1, -0.05) is 122 Å². The fourth-order valence-electron chi connectivity index (χ4n) is 4.20. The van der Waals surface area contributed by atoms with Gasteiger partial charge in [0, 0.05) is 12.8 Å². The molecule has 0 heterocycles. The number of esters is 2. The molecule has 0 aromatic rings. The summed E-state index contributed by atoms with van der Waals surface area (Å²) in [6, 6.07) is 0. The molecule has 0 fully saturated rings. The third kappa shape index (κ3) is 25.7. The van der Waals surface area contributed by atoms with E-state index in [-0.39, 0.29) is 25.2 Å². The zero-order chi connectivity index (χ0) is 26.5.